The van der Waals surface area contributed by atoms with Gasteiger partial charge in [0.15, 0.2) is 5.78 Å². The normalized spacial score (nSPS) is 20.7. The van der Waals surface area contributed by atoms with Gasteiger partial charge in [0.2, 0.25) is 0 Å². The van der Waals surface area contributed by atoms with Gasteiger partial charge in [0.25, 0.3) is 0 Å². The van der Waals surface area contributed by atoms with Crippen LogP contribution in [0.25, 0.3) is 0 Å². The Hall–Kier alpha value is -1.72. The number of aliphatic carboxylic acids is 2. The van der Waals surface area contributed by atoms with Crippen molar-refractivity contribution >= 4 is 23.5 Å². The SMILES string of the molecule is O=C(O)CCCC(C(=O)O)C(=O)C1CCCC1=O. The fraction of sp³-hybridized carbons (Fsp3) is 0.667. The van der Waals surface area contributed by atoms with Crippen molar-refractivity contribution in [1.82, 2.24) is 0 Å². The predicted molar refractivity (Wildman–Crippen MR) is 60.0 cm³/mol. The summed E-state index contributed by atoms with van der Waals surface area (Å²) in [6.45, 7) is 0. The van der Waals surface area contributed by atoms with E-state index in [-0.39, 0.29) is 25.0 Å². The highest BCUT2D eigenvalue weighted by molar-refractivity contribution is 6.10. The zero-order valence-electron chi connectivity index (χ0n) is 9.92. The van der Waals surface area contributed by atoms with E-state index in [1.54, 1.807) is 0 Å². The number of carbonyl (C=O) groups is 4. The first kappa shape index (κ1) is 14.3. The molecule has 0 bridgehead atoms. The van der Waals surface area contributed by atoms with Crippen molar-refractivity contribution in [2.45, 2.75) is 38.5 Å². The van der Waals surface area contributed by atoms with Gasteiger partial charge in [-0.05, 0) is 25.7 Å². The Kier molecular flexibility index (Phi) is 5.00. The van der Waals surface area contributed by atoms with E-state index in [9.17, 15) is 19.2 Å². The smallest absolute Gasteiger partial charge is 0.314 e. The molecular formula is C12H16O6. The molecule has 0 radical (unpaired) electrons. The topological polar surface area (TPSA) is 109 Å². The van der Waals surface area contributed by atoms with E-state index in [1.807, 2.05) is 0 Å². The Morgan fingerprint density at radius 2 is 1.94 bits per heavy atom. The molecule has 1 aliphatic carbocycles. The van der Waals surface area contributed by atoms with Crippen LogP contribution in [0.4, 0.5) is 0 Å². The van der Waals surface area contributed by atoms with Gasteiger partial charge in [0, 0.05) is 12.8 Å². The molecule has 2 atom stereocenters. The van der Waals surface area contributed by atoms with Gasteiger partial charge in [-0.25, -0.2) is 0 Å². The predicted octanol–water partition coefficient (Wildman–Crippen LogP) is 0.880. The summed E-state index contributed by atoms with van der Waals surface area (Å²) in [6.07, 6.45) is 1.30. The molecule has 100 valence electrons. The van der Waals surface area contributed by atoms with E-state index in [0.29, 0.717) is 19.3 Å². The van der Waals surface area contributed by atoms with Crippen LogP contribution < -0.4 is 0 Å². The van der Waals surface area contributed by atoms with E-state index < -0.39 is 29.6 Å². The number of carboxylic acid groups (broad SMARTS) is 2. The van der Waals surface area contributed by atoms with Gasteiger partial charge in [-0.1, -0.05) is 0 Å². The second-order valence-electron chi connectivity index (χ2n) is 4.49. The van der Waals surface area contributed by atoms with Gasteiger partial charge < -0.3 is 10.2 Å². The van der Waals surface area contributed by atoms with Crippen molar-refractivity contribution in [1.29, 1.82) is 0 Å². The van der Waals surface area contributed by atoms with Crippen LogP contribution in [0, 0.1) is 11.8 Å². The molecule has 2 unspecified atom stereocenters. The molecule has 1 aliphatic rings. The van der Waals surface area contributed by atoms with Gasteiger partial charge in [-0.3, -0.25) is 19.2 Å². The largest absolute Gasteiger partial charge is 0.481 e. The van der Waals surface area contributed by atoms with E-state index in [0.717, 1.165) is 0 Å². The highest BCUT2D eigenvalue weighted by atomic mass is 16.4. The molecule has 6 heteroatoms. The Morgan fingerprint density at radius 3 is 2.39 bits per heavy atom. The average Bonchev–Trinajstić information content (AvgIpc) is 2.69. The summed E-state index contributed by atoms with van der Waals surface area (Å²) in [6, 6.07) is 0. The van der Waals surface area contributed by atoms with Gasteiger partial charge >= 0.3 is 11.9 Å². The lowest BCUT2D eigenvalue weighted by atomic mass is 9.87. The molecule has 6 nitrogen and oxygen atoms in total. The third-order valence-electron chi connectivity index (χ3n) is 3.17. The monoisotopic (exact) mass is 256 g/mol. The zero-order valence-corrected chi connectivity index (χ0v) is 9.92. The van der Waals surface area contributed by atoms with Crippen molar-refractivity contribution < 1.29 is 29.4 Å². The van der Waals surface area contributed by atoms with Crippen molar-refractivity contribution in [3.05, 3.63) is 0 Å². The summed E-state index contributed by atoms with van der Waals surface area (Å²) < 4.78 is 0. The summed E-state index contributed by atoms with van der Waals surface area (Å²) >= 11 is 0. The zero-order chi connectivity index (χ0) is 13.7. The van der Waals surface area contributed by atoms with Crippen LogP contribution in [-0.4, -0.2) is 33.7 Å². The first-order chi connectivity index (χ1) is 8.43. The third-order valence-corrected chi connectivity index (χ3v) is 3.17. The fourth-order valence-electron chi connectivity index (χ4n) is 2.20. The summed E-state index contributed by atoms with van der Waals surface area (Å²) in [5, 5.41) is 17.4. The molecule has 2 N–H and O–H groups in total. The Morgan fingerprint density at radius 1 is 1.28 bits per heavy atom. The molecule has 0 saturated heterocycles. The highest BCUT2D eigenvalue weighted by Crippen LogP contribution is 2.26. The van der Waals surface area contributed by atoms with Crippen LogP contribution in [0.2, 0.25) is 0 Å². The number of hydrogen-bond acceptors (Lipinski definition) is 4. The van der Waals surface area contributed by atoms with Gasteiger partial charge in [-0.2, -0.15) is 0 Å². The van der Waals surface area contributed by atoms with Crippen LogP contribution in [-0.2, 0) is 19.2 Å². The first-order valence-electron chi connectivity index (χ1n) is 5.94. The van der Waals surface area contributed by atoms with Crippen molar-refractivity contribution in [2.24, 2.45) is 11.8 Å². The van der Waals surface area contributed by atoms with Crippen molar-refractivity contribution in [3.8, 4) is 0 Å². The molecule has 1 fully saturated rings. The highest BCUT2D eigenvalue weighted by Gasteiger charge is 2.38. The second-order valence-corrected chi connectivity index (χ2v) is 4.49. The maximum absolute atomic E-state index is 11.9. The summed E-state index contributed by atoms with van der Waals surface area (Å²) in [4.78, 5) is 44.7. The minimum absolute atomic E-state index is 0.0236. The molecular weight excluding hydrogens is 240 g/mol. The number of ketones is 2. The lowest BCUT2D eigenvalue weighted by Gasteiger charge is -2.14. The minimum Gasteiger partial charge on any atom is -0.481 e. The van der Waals surface area contributed by atoms with Crippen molar-refractivity contribution in [3.63, 3.8) is 0 Å². The van der Waals surface area contributed by atoms with Crippen LogP contribution in [0.3, 0.4) is 0 Å². The third kappa shape index (κ3) is 3.65. The maximum atomic E-state index is 11.9. The van der Waals surface area contributed by atoms with Gasteiger partial charge in [0.1, 0.15) is 11.7 Å². The molecule has 18 heavy (non-hydrogen) atoms. The molecule has 0 aromatic heterocycles. The number of carbonyl (C=O) groups excluding carboxylic acids is 2. The lowest BCUT2D eigenvalue weighted by Crippen LogP contribution is -2.32. The fourth-order valence-corrected chi connectivity index (χ4v) is 2.20. The Balaban J connectivity index is 2.60. The van der Waals surface area contributed by atoms with Crippen LogP contribution in [0.5, 0.6) is 0 Å². The Labute approximate surface area is 104 Å². The van der Waals surface area contributed by atoms with E-state index in [1.165, 1.54) is 0 Å². The summed E-state index contributed by atoms with van der Waals surface area (Å²) in [5.41, 5.74) is 0. The van der Waals surface area contributed by atoms with Crippen LogP contribution >= 0.6 is 0 Å². The van der Waals surface area contributed by atoms with E-state index >= 15 is 0 Å². The molecule has 0 amide bonds. The van der Waals surface area contributed by atoms with E-state index in [2.05, 4.69) is 0 Å². The second kappa shape index (κ2) is 6.28. The standard InChI is InChI=1S/C12H16O6/c13-9-5-1-3-7(9)11(16)8(12(17)18)4-2-6-10(14)15/h7-8H,1-6H2,(H,14,15)(H,17,18). The van der Waals surface area contributed by atoms with Crippen LogP contribution in [0.1, 0.15) is 38.5 Å². The molecule has 0 aromatic carbocycles. The molecule has 1 rings (SSSR count). The molecule has 1 saturated carbocycles. The molecule has 0 spiro atoms. The van der Waals surface area contributed by atoms with Gasteiger partial charge in [0.05, 0.1) is 5.92 Å². The molecule has 0 aliphatic heterocycles. The lowest BCUT2D eigenvalue weighted by molar-refractivity contribution is -0.149. The number of hydrogen-bond donors (Lipinski definition) is 2. The van der Waals surface area contributed by atoms with Crippen LogP contribution in [0.15, 0.2) is 0 Å². The van der Waals surface area contributed by atoms with Crippen molar-refractivity contribution in [2.75, 3.05) is 0 Å². The maximum Gasteiger partial charge on any atom is 0.314 e. The number of rotatable bonds is 7. The minimum atomic E-state index is -1.27. The van der Waals surface area contributed by atoms with Gasteiger partial charge in [-0.15, -0.1) is 0 Å². The quantitative estimate of drug-likeness (QED) is 0.654. The molecule has 0 heterocycles. The number of Topliss-reactive ketones (excluding diaryl/α,β-unsaturated/α-hetero) is 2. The first-order valence-corrected chi connectivity index (χ1v) is 5.94. The molecule has 0 aromatic rings. The van der Waals surface area contributed by atoms with E-state index in [4.69, 9.17) is 10.2 Å². The summed E-state index contributed by atoms with van der Waals surface area (Å²) in [7, 11) is 0. The summed E-state index contributed by atoms with van der Waals surface area (Å²) in [5.74, 6) is -5.10. The average molecular weight is 256 g/mol. The Bertz CT molecular complexity index is 373. The number of carboxylic acids is 2.